The van der Waals surface area contributed by atoms with Gasteiger partial charge in [0.25, 0.3) is 0 Å². The van der Waals surface area contributed by atoms with Crippen molar-refractivity contribution in [1.82, 2.24) is 9.78 Å². The van der Waals surface area contributed by atoms with E-state index in [1.54, 1.807) is 0 Å². The number of hydrogen-bond acceptors (Lipinski definition) is 1. The zero-order valence-corrected chi connectivity index (χ0v) is 8.91. The van der Waals surface area contributed by atoms with Gasteiger partial charge < -0.3 is 0 Å². The smallest absolute Gasteiger partial charge is 0.242 e. The van der Waals surface area contributed by atoms with Crippen molar-refractivity contribution in [2.75, 3.05) is 0 Å². The van der Waals surface area contributed by atoms with Gasteiger partial charge in [-0.05, 0) is 5.41 Å². The Morgan fingerprint density at radius 1 is 1.13 bits per heavy atom. The van der Waals surface area contributed by atoms with Gasteiger partial charge in [0, 0.05) is 12.6 Å². The van der Waals surface area contributed by atoms with Gasteiger partial charge in [0.1, 0.15) is 0 Å². The van der Waals surface area contributed by atoms with Crippen molar-refractivity contribution in [1.29, 1.82) is 0 Å². The van der Waals surface area contributed by atoms with Crippen LogP contribution < -0.4 is 0 Å². The maximum atomic E-state index is 13.4. The molecule has 0 aliphatic heterocycles. The molecule has 0 N–H and O–H groups in total. The number of aryl methyl sites for hydroxylation is 1. The number of nitrogens with zero attached hydrogens (tertiary/aromatic N) is 2. The first-order valence-electron chi connectivity index (χ1n) is 4.35. The Kier molecular flexibility index (Phi) is 2.57. The lowest BCUT2D eigenvalue weighted by Gasteiger charge is -2.19. The van der Waals surface area contributed by atoms with Crippen LogP contribution in [0.2, 0.25) is 0 Å². The van der Waals surface area contributed by atoms with E-state index in [9.17, 15) is 17.6 Å². The second kappa shape index (κ2) is 3.21. The van der Waals surface area contributed by atoms with Crippen molar-refractivity contribution in [2.45, 2.75) is 32.4 Å². The number of rotatable bonds is 0. The molecule has 0 saturated heterocycles. The molecule has 0 saturated carbocycles. The van der Waals surface area contributed by atoms with Gasteiger partial charge in [-0.15, -0.1) is 0 Å². The highest BCUT2D eigenvalue weighted by molar-refractivity contribution is 5.28. The summed E-state index contributed by atoms with van der Waals surface area (Å²) in [6.07, 6.45) is -4.62. The molecule has 0 radical (unpaired) electrons. The fourth-order valence-corrected chi connectivity index (χ4v) is 1.37. The van der Waals surface area contributed by atoms with Gasteiger partial charge in [-0.2, -0.15) is 22.7 Å². The van der Waals surface area contributed by atoms with Crippen molar-refractivity contribution in [3.63, 3.8) is 0 Å². The number of aromatic nitrogens is 2. The molecule has 0 aromatic carbocycles. The van der Waals surface area contributed by atoms with Crippen molar-refractivity contribution >= 4 is 0 Å². The van der Waals surface area contributed by atoms with Gasteiger partial charge in [-0.25, -0.2) is 4.68 Å². The Hall–Kier alpha value is -1.07. The molecular weight excluding hydrogens is 212 g/mol. The van der Waals surface area contributed by atoms with Crippen LogP contribution >= 0.6 is 0 Å². The Morgan fingerprint density at radius 2 is 1.60 bits per heavy atom. The van der Waals surface area contributed by atoms with E-state index in [1.165, 1.54) is 20.8 Å². The summed E-state index contributed by atoms with van der Waals surface area (Å²) in [6.45, 7) is 4.55. The Labute approximate surface area is 84.9 Å². The molecular formula is C9H12F4N2. The predicted molar refractivity (Wildman–Crippen MR) is 46.9 cm³/mol. The number of halogens is 4. The first-order valence-corrected chi connectivity index (χ1v) is 4.35. The first-order chi connectivity index (χ1) is 6.55. The van der Waals surface area contributed by atoms with Crippen LogP contribution in [0.4, 0.5) is 17.6 Å². The van der Waals surface area contributed by atoms with Crippen LogP contribution in [0.3, 0.4) is 0 Å². The number of hydrogen-bond donors (Lipinski definition) is 0. The lowest BCUT2D eigenvalue weighted by molar-refractivity contribution is -0.142. The molecule has 86 valence electrons. The van der Waals surface area contributed by atoms with Crippen LogP contribution in [0.15, 0.2) is 0 Å². The normalized spacial score (nSPS) is 13.3. The van der Waals surface area contributed by atoms with Crippen molar-refractivity contribution in [3.05, 3.63) is 17.2 Å². The standard InChI is InChI=1S/C9H12F4N2/c1-8(2,3)5-6(9(11,12)13)14-15(4)7(5)10/h1-4H3. The quantitative estimate of drug-likeness (QED) is 0.619. The monoisotopic (exact) mass is 224 g/mol. The van der Waals surface area contributed by atoms with Crippen molar-refractivity contribution in [2.24, 2.45) is 7.05 Å². The van der Waals surface area contributed by atoms with E-state index < -0.39 is 28.8 Å². The van der Waals surface area contributed by atoms with Gasteiger partial charge >= 0.3 is 6.18 Å². The summed E-state index contributed by atoms with van der Waals surface area (Å²) in [5.41, 5.74) is -2.46. The Bertz CT molecular complexity index is 371. The van der Waals surface area contributed by atoms with Gasteiger partial charge in [-0.3, -0.25) is 0 Å². The summed E-state index contributed by atoms with van der Waals surface area (Å²) in [6, 6.07) is 0. The molecule has 0 atom stereocenters. The van der Waals surface area contributed by atoms with E-state index >= 15 is 0 Å². The molecule has 6 heteroatoms. The molecule has 0 amide bonds. The molecule has 15 heavy (non-hydrogen) atoms. The second-order valence-corrected chi connectivity index (χ2v) is 4.39. The summed E-state index contributed by atoms with van der Waals surface area (Å²) in [5, 5.41) is 3.16. The van der Waals surface area contributed by atoms with E-state index in [4.69, 9.17) is 0 Å². The maximum absolute atomic E-state index is 13.4. The van der Waals surface area contributed by atoms with Gasteiger partial charge in [-0.1, -0.05) is 20.8 Å². The predicted octanol–water partition coefficient (Wildman–Crippen LogP) is 2.88. The van der Waals surface area contributed by atoms with Crippen LogP contribution in [0, 0.1) is 5.95 Å². The van der Waals surface area contributed by atoms with Crippen LogP contribution in [0.25, 0.3) is 0 Å². The van der Waals surface area contributed by atoms with E-state index in [1.807, 2.05) is 0 Å². The zero-order valence-electron chi connectivity index (χ0n) is 8.91. The zero-order chi connectivity index (χ0) is 12.0. The Balaban J connectivity index is 3.48. The minimum absolute atomic E-state index is 0.391. The molecule has 0 spiro atoms. The first kappa shape index (κ1) is 12.0. The third-order valence-electron chi connectivity index (χ3n) is 2.00. The summed E-state index contributed by atoms with van der Waals surface area (Å²) in [4.78, 5) is 0. The average molecular weight is 224 g/mol. The van der Waals surface area contributed by atoms with Crippen molar-refractivity contribution < 1.29 is 17.6 Å². The van der Waals surface area contributed by atoms with Crippen molar-refractivity contribution in [3.8, 4) is 0 Å². The molecule has 2 nitrogen and oxygen atoms in total. The molecule has 0 aliphatic carbocycles. The van der Waals surface area contributed by atoms with Gasteiger partial charge in [0.15, 0.2) is 5.69 Å². The molecule has 0 fully saturated rings. The topological polar surface area (TPSA) is 17.8 Å². The van der Waals surface area contributed by atoms with Crippen LogP contribution in [0.5, 0.6) is 0 Å². The fraction of sp³-hybridized carbons (Fsp3) is 0.667. The summed E-state index contributed by atoms with van der Waals surface area (Å²) in [7, 11) is 1.15. The molecule has 1 rings (SSSR count). The van der Waals surface area contributed by atoms with Crippen LogP contribution in [0.1, 0.15) is 32.0 Å². The second-order valence-electron chi connectivity index (χ2n) is 4.39. The van der Waals surface area contributed by atoms with E-state index in [0.717, 1.165) is 7.05 Å². The third-order valence-corrected chi connectivity index (χ3v) is 2.00. The van der Waals surface area contributed by atoms with E-state index in [-0.39, 0.29) is 0 Å². The summed E-state index contributed by atoms with van der Waals surface area (Å²) < 4.78 is 51.7. The molecule has 0 aliphatic rings. The average Bonchev–Trinajstić information content (AvgIpc) is 2.25. The largest absolute Gasteiger partial charge is 0.435 e. The molecule has 0 bridgehead atoms. The Morgan fingerprint density at radius 3 is 1.87 bits per heavy atom. The minimum Gasteiger partial charge on any atom is -0.242 e. The minimum atomic E-state index is -4.62. The highest BCUT2D eigenvalue weighted by Gasteiger charge is 2.42. The highest BCUT2D eigenvalue weighted by atomic mass is 19.4. The molecule has 0 unspecified atom stereocenters. The lowest BCUT2D eigenvalue weighted by atomic mass is 9.87. The SMILES string of the molecule is Cn1nc(C(F)(F)F)c(C(C)(C)C)c1F. The molecule has 1 heterocycles. The van der Waals surface area contributed by atoms with E-state index in [0.29, 0.717) is 4.68 Å². The highest BCUT2D eigenvalue weighted by Crippen LogP contribution is 2.37. The van der Waals surface area contributed by atoms with Crippen LogP contribution in [-0.2, 0) is 18.6 Å². The number of alkyl halides is 3. The summed E-state index contributed by atoms with van der Waals surface area (Å²) in [5.74, 6) is -0.935. The molecule has 1 aromatic rings. The lowest BCUT2D eigenvalue weighted by Crippen LogP contribution is -2.19. The van der Waals surface area contributed by atoms with Gasteiger partial charge in [0.05, 0.1) is 0 Å². The summed E-state index contributed by atoms with van der Waals surface area (Å²) >= 11 is 0. The van der Waals surface area contributed by atoms with E-state index in [2.05, 4.69) is 5.10 Å². The van der Waals surface area contributed by atoms with Gasteiger partial charge in [0.2, 0.25) is 5.95 Å². The fourth-order valence-electron chi connectivity index (χ4n) is 1.37. The van der Waals surface area contributed by atoms with Crippen LogP contribution in [-0.4, -0.2) is 9.78 Å². The molecule has 1 aromatic heterocycles. The third kappa shape index (κ3) is 2.13. The maximum Gasteiger partial charge on any atom is 0.435 e.